The van der Waals surface area contributed by atoms with Gasteiger partial charge < -0.3 is 25.1 Å². The van der Waals surface area contributed by atoms with Crippen molar-refractivity contribution in [3.63, 3.8) is 0 Å². The lowest BCUT2D eigenvalue weighted by molar-refractivity contribution is -0.137. The number of imide groups is 1. The normalized spacial score (nSPS) is 21.9. The lowest BCUT2D eigenvalue weighted by Gasteiger charge is -2.35. The number of benzene rings is 1. The summed E-state index contributed by atoms with van der Waals surface area (Å²) in [5.74, 6) is 7.06. The van der Waals surface area contributed by atoms with Crippen LogP contribution in [0.2, 0.25) is 5.02 Å². The molecule has 0 radical (unpaired) electrons. The zero-order valence-corrected chi connectivity index (χ0v) is 34.8. The van der Waals surface area contributed by atoms with Crippen molar-refractivity contribution in [2.75, 3.05) is 25.0 Å². The summed E-state index contributed by atoms with van der Waals surface area (Å²) in [5.41, 5.74) is 4.84. The lowest BCUT2D eigenvalue weighted by atomic mass is 9.90. The molecule has 4 fully saturated rings. The number of piperidine rings is 2. The van der Waals surface area contributed by atoms with Crippen LogP contribution in [0, 0.1) is 23.7 Å². The van der Waals surface area contributed by atoms with Crippen LogP contribution in [0.3, 0.4) is 0 Å². The number of likely N-dealkylation sites (tertiary alicyclic amines) is 1. The van der Waals surface area contributed by atoms with Gasteiger partial charge in [-0.2, -0.15) is 5.10 Å². The highest BCUT2D eigenvalue weighted by Gasteiger charge is 2.40. The number of hydrogen-bond donors (Lipinski definition) is 3. The number of carboxylic acid groups (broad SMARTS) is 1. The zero-order chi connectivity index (χ0) is 41.9. The second-order valence-corrected chi connectivity index (χ2v) is 17.3. The summed E-state index contributed by atoms with van der Waals surface area (Å²) in [7, 11) is 1.95. The van der Waals surface area contributed by atoms with Gasteiger partial charge in [-0.3, -0.25) is 29.2 Å². The summed E-state index contributed by atoms with van der Waals surface area (Å²) in [6.45, 7) is 1.89. The molecule has 3 aromatic rings. The molecule has 5 aliphatic rings. The molecular formula is C44H52ClN9O6. The Bertz CT molecular complexity index is 2210. The predicted molar refractivity (Wildman–Crippen MR) is 223 cm³/mol. The van der Waals surface area contributed by atoms with Gasteiger partial charge in [0.1, 0.15) is 6.04 Å². The third-order valence-electron chi connectivity index (χ3n) is 12.8. The molecule has 3 N–H and O–H groups in total. The number of nitrogens with zero attached hydrogens (tertiary/aromatic N) is 7. The van der Waals surface area contributed by atoms with Crippen molar-refractivity contribution in [2.45, 2.75) is 115 Å². The van der Waals surface area contributed by atoms with Gasteiger partial charge in [-0.25, -0.2) is 14.8 Å². The average molecular weight is 838 g/mol. The average Bonchev–Trinajstić information content (AvgIpc) is 3.91. The van der Waals surface area contributed by atoms with Crippen LogP contribution < -0.4 is 10.6 Å². The predicted octanol–water partition coefficient (Wildman–Crippen LogP) is 5.41. The number of aryl methyl sites for hydroxylation is 1. The molecule has 5 amide bonds. The van der Waals surface area contributed by atoms with Gasteiger partial charge in [0.15, 0.2) is 0 Å². The van der Waals surface area contributed by atoms with E-state index < -0.39 is 18.0 Å². The highest BCUT2D eigenvalue weighted by molar-refractivity contribution is 6.33. The summed E-state index contributed by atoms with van der Waals surface area (Å²) < 4.78 is 1.90. The number of aromatic nitrogens is 4. The summed E-state index contributed by atoms with van der Waals surface area (Å²) in [6, 6.07) is 4.80. The first-order valence-electron chi connectivity index (χ1n) is 21.4. The molecule has 0 bridgehead atoms. The van der Waals surface area contributed by atoms with Gasteiger partial charge in [0, 0.05) is 86.5 Å². The first-order valence-corrected chi connectivity index (χ1v) is 21.8. The molecule has 0 spiro atoms. The second kappa shape index (κ2) is 18.0. The van der Waals surface area contributed by atoms with Gasteiger partial charge in [-0.05, 0) is 101 Å². The van der Waals surface area contributed by atoms with Crippen molar-refractivity contribution in [3.8, 4) is 23.1 Å². The fourth-order valence-electron chi connectivity index (χ4n) is 9.14. The number of nitrogens with one attached hydrogen (secondary N) is 2. The maximum absolute atomic E-state index is 13.2. The number of amides is 5. The van der Waals surface area contributed by atoms with Crippen LogP contribution in [0.15, 0.2) is 30.6 Å². The molecule has 2 saturated heterocycles. The van der Waals surface area contributed by atoms with Crippen molar-refractivity contribution >= 4 is 47.3 Å². The Morgan fingerprint density at radius 3 is 2.52 bits per heavy atom. The van der Waals surface area contributed by atoms with E-state index in [2.05, 4.69) is 32.6 Å². The number of rotatable bonds is 12. The summed E-state index contributed by atoms with van der Waals surface area (Å²) in [5, 5.41) is 20.9. The van der Waals surface area contributed by atoms with Crippen LogP contribution in [0.1, 0.15) is 111 Å². The van der Waals surface area contributed by atoms with Crippen LogP contribution in [-0.2, 0) is 34.4 Å². The van der Waals surface area contributed by atoms with Gasteiger partial charge >= 0.3 is 6.09 Å². The Morgan fingerprint density at radius 2 is 1.78 bits per heavy atom. The number of carbonyl (C=O) groups is 5. The molecule has 8 rings (SSSR count). The Balaban J connectivity index is 0.760. The highest BCUT2D eigenvalue weighted by atomic mass is 35.5. The molecule has 5 heterocycles. The fraction of sp³-hybridized carbons (Fsp3) is 0.545. The lowest BCUT2D eigenvalue weighted by Crippen LogP contribution is -2.52. The van der Waals surface area contributed by atoms with Crippen molar-refractivity contribution in [2.24, 2.45) is 18.9 Å². The molecule has 16 heteroatoms. The first-order chi connectivity index (χ1) is 29.0. The first kappa shape index (κ1) is 41.3. The molecule has 2 aromatic heterocycles. The standard InChI is InChI=1S/C44H52ClN9O6/c1-51-37(23-28-8-9-28)33(24-47-51)40-35(45)25-46-43(50-40)48-30-12-14-31(15-13-30)53(44(59)60)20-3-2-7-39(56)52-21-18-27(19-22-52)10-11-29-5-4-6-32-34(29)26-54(42(32)58)36-16-17-38(55)49-41(36)57/h4-6,24-25,27-28,30-31,36H,2-3,7-9,12-23,26H2,1H3,(H,59,60)(H,46,48,50)(H,49,55,57)/t30-,31-,36?. The number of anilines is 1. The minimum Gasteiger partial charge on any atom is -0.465 e. The minimum absolute atomic E-state index is 0.0815. The Hall–Kier alpha value is -5.49. The van der Waals surface area contributed by atoms with Crippen LogP contribution >= 0.6 is 11.6 Å². The Morgan fingerprint density at radius 1 is 1.00 bits per heavy atom. The van der Waals surface area contributed by atoms with E-state index in [1.807, 2.05) is 28.9 Å². The monoisotopic (exact) mass is 837 g/mol. The van der Waals surface area contributed by atoms with Crippen molar-refractivity contribution in [1.82, 2.24) is 39.8 Å². The van der Waals surface area contributed by atoms with Crippen LogP contribution in [0.4, 0.5) is 10.7 Å². The molecule has 15 nitrogen and oxygen atoms in total. The van der Waals surface area contributed by atoms with Gasteiger partial charge in [-0.15, -0.1) is 0 Å². The minimum atomic E-state index is -0.927. The highest BCUT2D eigenvalue weighted by Crippen LogP contribution is 2.37. The van der Waals surface area contributed by atoms with Crippen LogP contribution in [0.5, 0.6) is 0 Å². The maximum Gasteiger partial charge on any atom is 0.407 e. The Kier molecular flexibility index (Phi) is 12.4. The number of halogens is 1. The van der Waals surface area contributed by atoms with Crippen LogP contribution in [0.25, 0.3) is 11.3 Å². The molecule has 1 aromatic carbocycles. The van der Waals surface area contributed by atoms with Gasteiger partial charge in [0.2, 0.25) is 23.7 Å². The van der Waals surface area contributed by atoms with Crippen molar-refractivity contribution < 1.29 is 29.1 Å². The van der Waals surface area contributed by atoms with Crippen molar-refractivity contribution in [1.29, 1.82) is 0 Å². The molecule has 2 saturated carbocycles. The molecule has 1 atom stereocenters. The number of carbonyl (C=O) groups excluding carboxylic acids is 4. The quantitative estimate of drug-likeness (QED) is 0.121. The number of unbranched alkanes of at least 4 members (excludes halogenated alkanes) is 1. The smallest absolute Gasteiger partial charge is 0.407 e. The van der Waals surface area contributed by atoms with E-state index in [-0.39, 0.29) is 48.7 Å². The number of hydrogen-bond acceptors (Lipinski definition) is 9. The Labute approximate surface area is 354 Å². The van der Waals surface area contributed by atoms with Gasteiger partial charge in [0.25, 0.3) is 5.91 Å². The van der Waals surface area contributed by atoms with E-state index in [0.29, 0.717) is 73.5 Å². The van der Waals surface area contributed by atoms with E-state index in [4.69, 9.17) is 16.6 Å². The largest absolute Gasteiger partial charge is 0.465 e. The van der Waals surface area contributed by atoms with Crippen LogP contribution in [-0.4, -0.2) is 107 Å². The third-order valence-corrected chi connectivity index (χ3v) is 13.1. The van der Waals surface area contributed by atoms with E-state index in [0.717, 1.165) is 67.3 Å². The molecule has 3 aliphatic heterocycles. The van der Waals surface area contributed by atoms with E-state index >= 15 is 0 Å². The van der Waals surface area contributed by atoms with Gasteiger partial charge in [0.05, 0.1) is 23.1 Å². The molecule has 60 heavy (non-hydrogen) atoms. The zero-order valence-electron chi connectivity index (χ0n) is 34.0. The van der Waals surface area contributed by atoms with E-state index in [9.17, 15) is 29.1 Å². The second-order valence-electron chi connectivity index (χ2n) is 16.9. The molecule has 1 unspecified atom stereocenters. The third kappa shape index (κ3) is 9.28. The summed E-state index contributed by atoms with van der Waals surface area (Å²) in [6.07, 6.45) is 12.6. The SMILES string of the molecule is Cn1ncc(-c2nc(N[C@H]3CC[C@H](N(CCCCC(=O)N4CCC(C#Cc5cccc6c5CN(C5CCC(=O)NC5=O)C6=O)CC4)C(=O)O)CC3)ncc2Cl)c1CC1CC1. The van der Waals surface area contributed by atoms with E-state index in [1.165, 1.54) is 17.7 Å². The maximum atomic E-state index is 13.2. The summed E-state index contributed by atoms with van der Waals surface area (Å²) >= 11 is 6.58. The van der Waals surface area contributed by atoms with Crippen molar-refractivity contribution in [3.05, 3.63) is 58.0 Å². The molecular weight excluding hydrogens is 786 g/mol. The van der Waals surface area contributed by atoms with Gasteiger partial charge in [-0.1, -0.05) is 29.5 Å². The summed E-state index contributed by atoms with van der Waals surface area (Å²) in [4.78, 5) is 77.0. The van der Waals surface area contributed by atoms with E-state index in [1.54, 1.807) is 23.2 Å². The molecule has 316 valence electrons. The number of fused-ring (bicyclic) bond motifs is 1. The fourth-order valence-corrected chi connectivity index (χ4v) is 9.34. The topological polar surface area (TPSA) is 183 Å². The molecule has 2 aliphatic carbocycles.